The Labute approximate surface area is 120 Å². The third kappa shape index (κ3) is 5.11. The van der Waals surface area contributed by atoms with E-state index in [4.69, 9.17) is 11.6 Å². The zero-order valence-corrected chi connectivity index (χ0v) is 12.3. The van der Waals surface area contributed by atoms with Gasteiger partial charge in [0, 0.05) is 11.6 Å². The highest BCUT2D eigenvalue weighted by atomic mass is 35.5. The first-order valence-electron chi connectivity index (χ1n) is 6.85. The Bertz CT molecular complexity index is 421. The van der Waals surface area contributed by atoms with Gasteiger partial charge in [-0.15, -0.1) is 0 Å². The van der Waals surface area contributed by atoms with Gasteiger partial charge in [0.1, 0.15) is 5.75 Å². The number of aromatic hydroxyl groups is 1. The van der Waals surface area contributed by atoms with Gasteiger partial charge in [0.2, 0.25) is 0 Å². The molecule has 1 unspecified atom stereocenters. The Hall–Kier alpha value is -1.22. The number of carbonyl (C=O) groups is 1. The number of nitrogens with one attached hydrogen (secondary N) is 1. The van der Waals surface area contributed by atoms with Gasteiger partial charge in [0.25, 0.3) is 5.91 Å². The quantitative estimate of drug-likeness (QED) is 0.795. The van der Waals surface area contributed by atoms with Crippen LogP contribution in [-0.4, -0.2) is 17.6 Å². The van der Waals surface area contributed by atoms with Crippen molar-refractivity contribution < 1.29 is 9.90 Å². The van der Waals surface area contributed by atoms with Gasteiger partial charge in [0.05, 0.1) is 5.56 Å². The van der Waals surface area contributed by atoms with Crippen molar-refractivity contribution in [3.05, 3.63) is 28.8 Å². The summed E-state index contributed by atoms with van der Waals surface area (Å²) in [6, 6.07) is 4.48. The van der Waals surface area contributed by atoms with E-state index in [0.717, 1.165) is 12.8 Å². The molecule has 0 aliphatic rings. The van der Waals surface area contributed by atoms with Crippen molar-refractivity contribution in [3.63, 3.8) is 0 Å². The van der Waals surface area contributed by atoms with E-state index in [9.17, 15) is 9.90 Å². The van der Waals surface area contributed by atoms with Crippen LogP contribution in [0, 0.1) is 5.92 Å². The van der Waals surface area contributed by atoms with Crippen LogP contribution in [0.3, 0.4) is 0 Å². The van der Waals surface area contributed by atoms with E-state index in [1.165, 1.54) is 25.0 Å². The molecule has 1 aromatic carbocycles. The molecular formula is C15H22ClNO2. The third-order valence-electron chi connectivity index (χ3n) is 3.30. The Morgan fingerprint density at radius 2 is 2.16 bits per heavy atom. The minimum absolute atomic E-state index is 0.0384. The number of rotatable bonds is 7. The van der Waals surface area contributed by atoms with E-state index < -0.39 is 0 Å². The predicted octanol–water partition coefficient (Wildman–Crippen LogP) is 3.99. The maximum absolute atomic E-state index is 12.0. The summed E-state index contributed by atoms with van der Waals surface area (Å²) >= 11 is 5.83. The third-order valence-corrected chi connectivity index (χ3v) is 3.53. The standard InChI is InChI=1S/C15H22ClNO2/c1-3-5-6-11(4-2)10-17-15(19)13-9-12(16)7-8-14(13)18/h7-9,11,18H,3-6,10H2,1-2H3,(H,17,19). The first-order chi connectivity index (χ1) is 9.08. The average molecular weight is 284 g/mol. The Morgan fingerprint density at radius 1 is 1.42 bits per heavy atom. The maximum Gasteiger partial charge on any atom is 0.255 e. The van der Waals surface area contributed by atoms with Crippen LogP contribution in [-0.2, 0) is 0 Å². The molecule has 106 valence electrons. The van der Waals surface area contributed by atoms with Crippen molar-refractivity contribution in [2.45, 2.75) is 39.5 Å². The van der Waals surface area contributed by atoms with E-state index in [1.807, 2.05) is 0 Å². The fourth-order valence-corrected chi connectivity index (χ4v) is 2.14. The number of phenolic OH excluding ortho intramolecular Hbond substituents is 1. The fraction of sp³-hybridized carbons (Fsp3) is 0.533. The van der Waals surface area contributed by atoms with Crippen molar-refractivity contribution in [1.82, 2.24) is 5.32 Å². The summed E-state index contributed by atoms with van der Waals surface area (Å²) < 4.78 is 0. The first-order valence-corrected chi connectivity index (χ1v) is 7.23. The SMILES string of the molecule is CCCCC(CC)CNC(=O)c1cc(Cl)ccc1O. The normalized spacial score (nSPS) is 12.2. The van der Waals surface area contributed by atoms with Gasteiger partial charge in [-0.05, 0) is 30.5 Å². The second kappa shape index (κ2) is 8.05. The van der Waals surface area contributed by atoms with Crippen molar-refractivity contribution in [3.8, 4) is 5.75 Å². The highest BCUT2D eigenvalue weighted by Gasteiger charge is 2.13. The molecule has 2 N–H and O–H groups in total. The molecule has 0 saturated carbocycles. The molecule has 0 bridgehead atoms. The number of amides is 1. The summed E-state index contributed by atoms with van der Waals surface area (Å²) in [5.74, 6) is 0.184. The van der Waals surface area contributed by atoms with Gasteiger partial charge < -0.3 is 10.4 Å². The summed E-state index contributed by atoms with van der Waals surface area (Å²) in [5.41, 5.74) is 0.234. The van der Waals surface area contributed by atoms with Crippen LogP contribution in [0.1, 0.15) is 49.9 Å². The predicted molar refractivity (Wildman–Crippen MR) is 78.8 cm³/mol. The lowest BCUT2D eigenvalue weighted by Gasteiger charge is -2.15. The Kier molecular flexibility index (Phi) is 6.71. The zero-order chi connectivity index (χ0) is 14.3. The van der Waals surface area contributed by atoms with Gasteiger partial charge in [-0.25, -0.2) is 0 Å². The summed E-state index contributed by atoms with van der Waals surface area (Å²) in [4.78, 5) is 12.0. The lowest BCUT2D eigenvalue weighted by Crippen LogP contribution is -2.29. The number of hydrogen-bond donors (Lipinski definition) is 2. The van der Waals surface area contributed by atoms with E-state index in [2.05, 4.69) is 19.2 Å². The van der Waals surface area contributed by atoms with Crippen molar-refractivity contribution in [2.24, 2.45) is 5.92 Å². The molecule has 0 radical (unpaired) electrons. The first kappa shape index (κ1) is 15.8. The van der Waals surface area contributed by atoms with Gasteiger partial charge >= 0.3 is 0 Å². The molecule has 0 fully saturated rings. The molecule has 0 aliphatic carbocycles. The smallest absolute Gasteiger partial charge is 0.255 e. The molecule has 1 atom stereocenters. The van der Waals surface area contributed by atoms with E-state index in [-0.39, 0.29) is 17.2 Å². The minimum Gasteiger partial charge on any atom is -0.507 e. The number of phenols is 1. The van der Waals surface area contributed by atoms with E-state index in [1.54, 1.807) is 6.07 Å². The molecule has 0 aliphatic heterocycles. The van der Waals surface area contributed by atoms with Crippen LogP contribution in [0.25, 0.3) is 0 Å². The molecular weight excluding hydrogens is 262 g/mol. The molecule has 0 heterocycles. The van der Waals surface area contributed by atoms with E-state index in [0.29, 0.717) is 17.5 Å². The van der Waals surface area contributed by atoms with Crippen LogP contribution >= 0.6 is 11.6 Å². The van der Waals surface area contributed by atoms with Crippen LogP contribution in [0.4, 0.5) is 0 Å². The molecule has 4 heteroatoms. The van der Waals surface area contributed by atoms with Gasteiger partial charge in [-0.3, -0.25) is 4.79 Å². The molecule has 0 spiro atoms. The van der Waals surface area contributed by atoms with E-state index >= 15 is 0 Å². The van der Waals surface area contributed by atoms with Crippen molar-refractivity contribution in [1.29, 1.82) is 0 Å². The van der Waals surface area contributed by atoms with Crippen LogP contribution in [0.2, 0.25) is 5.02 Å². The minimum atomic E-state index is -0.269. The lowest BCUT2D eigenvalue weighted by atomic mass is 9.99. The molecule has 3 nitrogen and oxygen atoms in total. The molecule has 1 aromatic rings. The largest absolute Gasteiger partial charge is 0.507 e. The van der Waals surface area contributed by atoms with Gasteiger partial charge in [-0.1, -0.05) is 44.7 Å². The lowest BCUT2D eigenvalue weighted by molar-refractivity contribution is 0.0943. The highest BCUT2D eigenvalue weighted by molar-refractivity contribution is 6.31. The topological polar surface area (TPSA) is 49.3 Å². The summed E-state index contributed by atoms with van der Waals surface area (Å²) in [7, 11) is 0. The van der Waals surface area contributed by atoms with Gasteiger partial charge in [0.15, 0.2) is 0 Å². The second-order valence-corrected chi connectivity index (χ2v) is 5.22. The monoisotopic (exact) mass is 283 g/mol. The summed E-state index contributed by atoms with van der Waals surface area (Å²) in [6.45, 7) is 4.93. The number of carbonyl (C=O) groups excluding carboxylic acids is 1. The zero-order valence-electron chi connectivity index (χ0n) is 11.6. The highest BCUT2D eigenvalue weighted by Crippen LogP contribution is 2.21. The van der Waals surface area contributed by atoms with Crippen molar-refractivity contribution in [2.75, 3.05) is 6.54 Å². The Morgan fingerprint density at radius 3 is 2.79 bits per heavy atom. The number of unbranched alkanes of at least 4 members (excludes halogenated alkanes) is 1. The average Bonchev–Trinajstić information content (AvgIpc) is 2.41. The fourth-order valence-electron chi connectivity index (χ4n) is 1.97. The molecule has 1 amide bonds. The molecule has 0 aromatic heterocycles. The Balaban J connectivity index is 2.56. The number of halogens is 1. The van der Waals surface area contributed by atoms with Crippen LogP contribution < -0.4 is 5.32 Å². The summed E-state index contributed by atoms with van der Waals surface area (Å²) in [6.07, 6.45) is 4.51. The van der Waals surface area contributed by atoms with Crippen LogP contribution in [0.15, 0.2) is 18.2 Å². The summed E-state index contributed by atoms with van der Waals surface area (Å²) in [5, 5.41) is 13.0. The second-order valence-electron chi connectivity index (χ2n) is 4.79. The van der Waals surface area contributed by atoms with Crippen LogP contribution in [0.5, 0.6) is 5.75 Å². The number of benzene rings is 1. The molecule has 0 saturated heterocycles. The van der Waals surface area contributed by atoms with Gasteiger partial charge in [-0.2, -0.15) is 0 Å². The van der Waals surface area contributed by atoms with Crippen molar-refractivity contribution >= 4 is 17.5 Å². The maximum atomic E-state index is 12.0. The molecule has 1 rings (SSSR count). The number of hydrogen-bond acceptors (Lipinski definition) is 2. The molecule has 19 heavy (non-hydrogen) atoms.